The molecule has 2 heterocycles. The number of likely N-dealkylation sites (tertiary alicyclic amines) is 1. The smallest absolute Gasteiger partial charge is 0.423 e. The Morgan fingerprint density at radius 2 is 1.53 bits per heavy atom. The molecule has 0 bridgehead atoms. The number of carbonyl (C=O) groups is 5. The minimum atomic E-state index is -2.84. The average molecular weight is 694 g/mol. The Hall–Kier alpha value is -3.75. The van der Waals surface area contributed by atoms with E-state index in [9.17, 15) is 42.3 Å². The number of alkyl halides is 2. The molecule has 45 heavy (non-hydrogen) atoms. The van der Waals surface area contributed by atoms with Crippen LogP contribution in [0, 0.1) is 46.8 Å². The number of carbonyl (C=O) groups excluding carboxylic acids is 5. The number of phenolic OH excluding ortho intramolecular Hbond substituents is 1. The average Bonchev–Trinajstić information content (AvgIpc) is 3.34. The van der Waals surface area contributed by atoms with E-state index in [1.807, 2.05) is 0 Å². The lowest BCUT2D eigenvalue weighted by atomic mass is 9.56. The molecule has 2 aliphatic heterocycles. The van der Waals surface area contributed by atoms with E-state index in [1.54, 1.807) is 0 Å². The van der Waals surface area contributed by atoms with Crippen molar-refractivity contribution in [2.24, 2.45) is 17.8 Å². The van der Waals surface area contributed by atoms with Crippen LogP contribution in [0.15, 0.2) is 29.8 Å². The summed E-state index contributed by atoms with van der Waals surface area (Å²) in [7, 11) is 0.930. The number of allylic oxidation sites excluding steroid dienone is 2. The monoisotopic (exact) mass is 692 g/mol. The van der Waals surface area contributed by atoms with Gasteiger partial charge in [0.2, 0.25) is 17.6 Å². The predicted octanol–water partition coefficient (Wildman–Crippen LogP) is 5.07. The first-order valence-electron chi connectivity index (χ1n) is 13.0. The van der Waals surface area contributed by atoms with Crippen LogP contribution in [0.25, 0.3) is 0 Å². The Labute approximate surface area is 264 Å². The van der Waals surface area contributed by atoms with Crippen molar-refractivity contribution in [1.29, 1.82) is 0 Å². The molecule has 4 aliphatic rings. The number of amides is 5. The summed E-state index contributed by atoms with van der Waals surface area (Å²) in [6.07, 6.45) is -0.897. The summed E-state index contributed by atoms with van der Waals surface area (Å²) < 4.78 is 77.0. The number of fused-ring (bicyclic) bond motifs is 4. The number of ether oxygens (including phenoxy) is 1. The highest BCUT2D eigenvalue weighted by Gasteiger charge is 2.77. The molecule has 17 heteroatoms. The second-order valence-electron chi connectivity index (χ2n) is 10.9. The molecular weight excluding hydrogens is 678 g/mol. The minimum Gasteiger partial charge on any atom is -0.508 e. The van der Waals surface area contributed by atoms with Gasteiger partial charge in [0.15, 0.2) is 33.0 Å². The first-order valence-corrected chi connectivity index (χ1v) is 14.1. The normalized spacial score (nSPS) is 30.7. The summed E-state index contributed by atoms with van der Waals surface area (Å²) in [5.41, 5.74) is -2.13. The molecule has 2 aromatic carbocycles. The molecule has 6 atom stereocenters. The largest absolute Gasteiger partial charge is 0.508 e. The molecular formula is C28H16Cl3F5N2O7. The summed E-state index contributed by atoms with van der Waals surface area (Å²) in [5, 5.41) is 10.9. The SMILES string of the molecule is COC(=O)N1C(=O)[C@H]2[C@H](CC=C3[C@H]2C[C@@]2(Cl)C(=O)N(c4c(F)c(F)c(F)c(F)c4F)C(=O)[C@@]2(Cl)[C@H]3c2cc(Cl)ccc2O)C1=O. The molecule has 1 saturated carbocycles. The molecule has 2 aliphatic carbocycles. The number of halogens is 8. The van der Waals surface area contributed by atoms with Crippen molar-refractivity contribution in [1.82, 2.24) is 4.90 Å². The Balaban J connectivity index is 1.61. The summed E-state index contributed by atoms with van der Waals surface area (Å²) in [4.78, 5) is 61.4. The highest BCUT2D eigenvalue weighted by Crippen LogP contribution is 2.66. The summed E-state index contributed by atoms with van der Waals surface area (Å²) in [6, 6.07) is 3.48. The van der Waals surface area contributed by atoms with Crippen molar-refractivity contribution in [2.75, 3.05) is 12.0 Å². The summed E-state index contributed by atoms with van der Waals surface area (Å²) >= 11 is 20.0. The highest BCUT2D eigenvalue weighted by molar-refractivity contribution is 6.58. The molecule has 0 spiro atoms. The van der Waals surface area contributed by atoms with E-state index in [-0.39, 0.29) is 32.4 Å². The van der Waals surface area contributed by atoms with Gasteiger partial charge >= 0.3 is 6.09 Å². The van der Waals surface area contributed by atoms with Crippen molar-refractivity contribution in [3.8, 4) is 5.75 Å². The zero-order valence-electron chi connectivity index (χ0n) is 22.3. The van der Waals surface area contributed by atoms with Gasteiger partial charge in [-0.05, 0) is 37.0 Å². The van der Waals surface area contributed by atoms with E-state index in [0.29, 0.717) is 0 Å². The second kappa shape index (κ2) is 10.1. The van der Waals surface area contributed by atoms with Crippen molar-refractivity contribution in [3.05, 3.63) is 69.5 Å². The number of phenols is 1. The molecule has 0 unspecified atom stereocenters. The third-order valence-corrected chi connectivity index (χ3v) is 10.5. The Bertz CT molecular complexity index is 1800. The number of hydrogen-bond acceptors (Lipinski definition) is 7. The molecule has 2 aromatic rings. The van der Waals surface area contributed by atoms with Crippen LogP contribution in [0.4, 0.5) is 32.4 Å². The lowest BCUT2D eigenvalue weighted by molar-refractivity contribution is -0.138. The molecule has 6 rings (SSSR count). The standard InChI is InChI=1S/C28H16Cl3F5N2O7/c1-45-26(44)38-22(40)10-4-3-9-12(14(10)23(38)41)7-27(30)24(42)37(21-19(35)17(33)16(32)18(34)20(21)36)25(43)28(27,31)15(9)11-6-8(29)2-5-13(11)39/h2-3,5-6,10,12,14-15,39H,4,7H2,1H3/t10-,12+,14-,15+,27+,28-/m0/s1. The van der Waals surface area contributed by atoms with E-state index < -0.39 is 110 Å². The first kappa shape index (κ1) is 31.2. The molecule has 0 aromatic heterocycles. The molecule has 5 amide bonds. The molecule has 3 fully saturated rings. The Kier molecular flexibility index (Phi) is 7.03. The fraction of sp³-hybridized carbons (Fsp3) is 0.321. The van der Waals surface area contributed by atoms with E-state index in [2.05, 4.69) is 4.74 Å². The number of aromatic hydroxyl groups is 1. The lowest BCUT2D eigenvalue weighted by Gasteiger charge is -2.50. The van der Waals surface area contributed by atoms with Gasteiger partial charge in [0, 0.05) is 16.5 Å². The van der Waals surface area contributed by atoms with Gasteiger partial charge in [-0.1, -0.05) is 23.3 Å². The second-order valence-corrected chi connectivity index (χ2v) is 12.6. The molecule has 1 N–H and O–H groups in total. The van der Waals surface area contributed by atoms with Gasteiger partial charge in [-0.25, -0.2) is 31.6 Å². The van der Waals surface area contributed by atoms with E-state index in [0.717, 1.165) is 19.2 Å². The van der Waals surface area contributed by atoms with Gasteiger partial charge in [-0.3, -0.25) is 19.2 Å². The third kappa shape index (κ3) is 3.81. The van der Waals surface area contributed by atoms with Gasteiger partial charge in [0.1, 0.15) is 11.4 Å². The van der Waals surface area contributed by atoms with Crippen molar-refractivity contribution < 1.29 is 55.8 Å². The topological polar surface area (TPSA) is 121 Å². The van der Waals surface area contributed by atoms with Gasteiger partial charge in [0.05, 0.1) is 18.9 Å². The van der Waals surface area contributed by atoms with Gasteiger partial charge < -0.3 is 9.84 Å². The van der Waals surface area contributed by atoms with Crippen molar-refractivity contribution in [2.45, 2.75) is 28.5 Å². The number of hydrogen-bond donors (Lipinski definition) is 1. The maximum absolute atomic E-state index is 15.0. The lowest BCUT2D eigenvalue weighted by Crippen LogP contribution is -2.60. The number of nitrogens with zero attached hydrogens (tertiary/aromatic N) is 2. The van der Waals surface area contributed by atoms with Crippen LogP contribution in [0.1, 0.15) is 24.3 Å². The van der Waals surface area contributed by atoms with Crippen LogP contribution in [0.5, 0.6) is 5.75 Å². The maximum Gasteiger partial charge on any atom is 0.423 e. The first-order chi connectivity index (χ1) is 21.0. The van der Waals surface area contributed by atoms with Gasteiger partial charge in [-0.15, -0.1) is 23.2 Å². The highest BCUT2D eigenvalue weighted by atomic mass is 35.5. The van der Waals surface area contributed by atoms with E-state index in [4.69, 9.17) is 34.8 Å². The maximum atomic E-state index is 15.0. The molecule has 2 saturated heterocycles. The third-order valence-electron chi connectivity index (χ3n) is 8.88. The molecule has 9 nitrogen and oxygen atoms in total. The van der Waals surface area contributed by atoms with E-state index >= 15 is 8.78 Å². The molecule has 0 radical (unpaired) electrons. The fourth-order valence-corrected chi connectivity index (χ4v) is 8.05. The van der Waals surface area contributed by atoms with Crippen LogP contribution in [-0.4, -0.2) is 56.6 Å². The van der Waals surface area contributed by atoms with Gasteiger partial charge in [0.25, 0.3) is 11.8 Å². The van der Waals surface area contributed by atoms with Crippen LogP contribution < -0.4 is 4.90 Å². The van der Waals surface area contributed by atoms with Crippen LogP contribution in [-0.2, 0) is 23.9 Å². The minimum absolute atomic E-state index is 0.0305. The summed E-state index contributed by atoms with van der Waals surface area (Å²) in [6.45, 7) is 0. The Morgan fingerprint density at radius 1 is 0.933 bits per heavy atom. The summed E-state index contributed by atoms with van der Waals surface area (Å²) in [5.74, 6) is -24.1. The van der Waals surface area contributed by atoms with E-state index in [1.165, 1.54) is 12.1 Å². The molecule has 236 valence electrons. The fourth-order valence-electron chi connectivity index (χ4n) is 6.94. The van der Waals surface area contributed by atoms with Crippen molar-refractivity contribution >= 4 is 70.2 Å². The van der Waals surface area contributed by atoms with Crippen LogP contribution >= 0.6 is 34.8 Å². The number of rotatable bonds is 2. The van der Waals surface area contributed by atoms with Crippen LogP contribution in [0.2, 0.25) is 5.02 Å². The van der Waals surface area contributed by atoms with Crippen molar-refractivity contribution in [3.63, 3.8) is 0 Å². The predicted molar refractivity (Wildman–Crippen MR) is 144 cm³/mol. The van der Waals surface area contributed by atoms with Crippen LogP contribution in [0.3, 0.4) is 0 Å². The number of anilines is 1. The number of methoxy groups -OCH3 is 1. The number of benzene rings is 2. The number of imide groups is 4. The zero-order valence-corrected chi connectivity index (χ0v) is 24.6. The quantitative estimate of drug-likeness (QED) is 0.117. The Morgan fingerprint density at radius 3 is 2.13 bits per heavy atom. The van der Waals surface area contributed by atoms with Gasteiger partial charge in [-0.2, -0.15) is 4.90 Å². The zero-order chi connectivity index (χ0) is 33.1.